The van der Waals surface area contributed by atoms with Gasteiger partial charge in [-0.15, -0.1) is 0 Å². The lowest BCUT2D eigenvalue weighted by Crippen LogP contribution is -2.37. The van der Waals surface area contributed by atoms with E-state index in [0.717, 1.165) is 12.8 Å². The molecule has 2 aromatic carbocycles. The van der Waals surface area contributed by atoms with Crippen LogP contribution in [0.5, 0.6) is 0 Å². The quantitative estimate of drug-likeness (QED) is 0.387. The van der Waals surface area contributed by atoms with Crippen LogP contribution in [-0.4, -0.2) is 18.3 Å². The molecule has 33 heavy (non-hydrogen) atoms. The van der Waals surface area contributed by atoms with E-state index in [-0.39, 0.29) is 24.6 Å². The molecule has 1 fully saturated rings. The van der Waals surface area contributed by atoms with Crippen molar-refractivity contribution in [1.29, 1.82) is 0 Å². The van der Waals surface area contributed by atoms with Crippen molar-refractivity contribution in [2.75, 3.05) is 0 Å². The summed E-state index contributed by atoms with van der Waals surface area (Å²) >= 11 is 0. The highest BCUT2D eigenvalue weighted by molar-refractivity contribution is 5.50. The average Bonchev–Trinajstić information content (AvgIpc) is 2.80. The van der Waals surface area contributed by atoms with Gasteiger partial charge in [0.15, 0.2) is 6.29 Å². The first-order chi connectivity index (χ1) is 15.7. The molecule has 0 amide bonds. The van der Waals surface area contributed by atoms with Crippen LogP contribution < -0.4 is 0 Å². The molecule has 1 saturated heterocycles. The highest BCUT2D eigenvalue weighted by Gasteiger charge is 2.34. The minimum Gasteiger partial charge on any atom is -0.373 e. The third kappa shape index (κ3) is 6.15. The minimum absolute atomic E-state index is 0.0430. The Morgan fingerprint density at radius 1 is 0.909 bits per heavy atom. The maximum absolute atomic E-state index is 6.66. The number of hydrogen-bond acceptors (Lipinski definition) is 3. The van der Waals surface area contributed by atoms with Gasteiger partial charge in [-0.1, -0.05) is 56.3 Å². The second-order valence-corrected chi connectivity index (χ2v) is 9.88. The molecule has 2 aromatic rings. The van der Waals surface area contributed by atoms with Gasteiger partial charge in [-0.25, -0.2) is 0 Å². The first-order valence-electron chi connectivity index (χ1n) is 12.4. The molecule has 0 saturated carbocycles. The number of hydrogen-bond donors (Lipinski definition) is 0. The third-order valence-corrected chi connectivity index (χ3v) is 7.36. The van der Waals surface area contributed by atoms with Gasteiger partial charge in [-0.3, -0.25) is 0 Å². The Morgan fingerprint density at radius 2 is 1.52 bits per heavy atom. The van der Waals surface area contributed by atoms with Crippen molar-refractivity contribution in [1.82, 2.24) is 0 Å². The first kappa shape index (κ1) is 25.7. The second-order valence-electron chi connectivity index (χ2n) is 9.88. The molecular weight excluding hydrogens is 408 g/mol. The second kappa shape index (κ2) is 11.5. The number of ether oxygens (including phenoxy) is 3. The molecule has 0 spiro atoms. The van der Waals surface area contributed by atoms with E-state index < -0.39 is 0 Å². The largest absolute Gasteiger partial charge is 0.373 e. The molecule has 180 valence electrons. The molecule has 3 nitrogen and oxygen atoms in total. The topological polar surface area (TPSA) is 27.7 Å². The summed E-state index contributed by atoms with van der Waals surface area (Å²) in [5.74, 6) is 0.408. The van der Waals surface area contributed by atoms with Crippen LogP contribution in [0, 0.1) is 40.5 Å². The van der Waals surface area contributed by atoms with E-state index in [1.807, 2.05) is 6.07 Å². The van der Waals surface area contributed by atoms with Crippen LogP contribution in [0.1, 0.15) is 78.8 Å². The van der Waals surface area contributed by atoms with Crippen molar-refractivity contribution in [3.8, 4) is 0 Å². The fourth-order valence-corrected chi connectivity index (χ4v) is 4.81. The molecule has 0 aromatic heterocycles. The Morgan fingerprint density at radius 3 is 2.09 bits per heavy atom. The molecule has 4 atom stereocenters. The zero-order chi connectivity index (χ0) is 24.1. The van der Waals surface area contributed by atoms with Crippen molar-refractivity contribution in [2.45, 2.75) is 99.4 Å². The highest BCUT2D eigenvalue weighted by atomic mass is 16.7. The minimum atomic E-state index is -0.357. The Kier molecular flexibility index (Phi) is 8.92. The Hall–Kier alpha value is -1.94. The molecule has 0 N–H and O–H groups in total. The van der Waals surface area contributed by atoms with Crippen LogP contribution in [-0.2, 0) is 20.8 Å². The molecule has 3 rings (SSSR count). The summed E-state index contributed by atoms with van der Waals surface area (Å²) in [6, 6.07) is 10.4. The van der Waals surface area contributed by atoms with E-state index in [1.165, 1.54) is 38.9 Å². The van der Waals surface area contributed by atoms with Gasteiger partial charge in [0, 0.05) is 18.4 Å². The Bertz CT molecular complexity index is 916. The number of allylic oxidation sites excluding steroid dienone is 1. The van der Waals surface area contributed by atoms with Crippen molar-refractivity contribution in [3.63, 3.8) is 0 Å². The van der Waals surface area contributed by atoms with Gasteiger partial charge in [0.05, 0.1) is 24.9 Å². The number of rotatable bonds is 8. The van der Waals surface area contributed by atoms with Crippen molar-refractivity contribution in [2.24, 2.45) is 5.92 Å². The Balaban J connectivity index is 1.82. The lowest BCUT2D eigenvalue weighted by molar-refractivity contribution is -0.244. The van der Waals surface area contributed by atoms with Crippen molar-refractivity contribution in [3.05, 3.63) is 81.4 Å². The molecule has 1 aliphatic rings. The fraction of sp³-hybridized carbons (Fsp3) is 0.533. The van der Waals surface area contributed by atoms with E-state index in [2.05, 4.69) is 91.8 Å². The van der Waals surface area contributed by atoms with Crippen LogP contribution in [0.3, 0.4) is 0 Å². The normalized spacial score (nSPS) is 22.3. The van der Waals surface area contributed by atoms with E-state index >= 15 is 0 Å². The molecule has 0 unspecified atom stereocenters. The summed E-state index contributed by atoms with van der Waals surface area (Å²) in [5.41, 5.74) is 8.98. The van der Waals surface area contributed by atoms with E-state index in [9.17, 15) is 0 Å². The van der Waals surface area contributed by atoms with Gasteiger partial charge in [-0.05, 0) is 80.8 Å². The highest BCUT2D eigenvalue weighted by Crippen LogP contribution is 2.39. The standard InChI is InChI=1S/C30H42O3/c1-9-13-26-16-27(17-28(19(2)3)31-18-25-14-11-10-12-15-25)33-30(32-26)29-23(7)21(5)20(4)22(6)24(29)8/h9-15,19,26-28,30H,16-18H2,1-8H3/b13-9+/t26-,27-,28+,30-/m0/s1. The maximum Gasteiger partial charge on any atom is 0.185 e. The van der Waals surface area contributed by atoms with Gasteiger partial charge in [0.2, 0.25) is 0 Å². The predicted octanol–water partition coefficient (Wildman–Crippen LogP) is 7.61. The summed E-state index contributed by atoms with van der Waals surface area (Å²) in [6.07, 6.45) is 5.85. The van der Waals surface area contributed by atoms with Crippen LogP contribution in [0.15, 0.2) is 42.5 Å². The third-order valence-electron chi connectivity index (χ3n) is 7.36. The van der Waals surface area contributed by atoms with Gasteiger partial charge < -0.3 is 14.2 Å². The summed E-state index contributed by atoms with van der Waals surface area (Å²) in [5, 5.41) is 0. The average molecular weight is 451 g/mol. The summed E-state index contributed by atoms with van der Waals surface area (Å²) in [4.78, 5) is 0. The van der Waals surface area contributed by atoms with Gasteiger partial charge in [-0.2, -0.15) is 0 Å². The van der Waals surface area contributed by atoms with E-state index in [4.69, 9.17) is 14.2 Å². The molecule has 1 aliphatic heterocycles. The first-order valence-corrected chi connectivity index (χ1v) is 12.4. The predicted molar refractivity (Wildman–Crippen MR) is 137 cm³/mol. The van der Waals surface area contributed by atoms with Crippen LogP contribution in [0.4, 0.5) is 0 Å². The SMILES string of the molecule is C/C=C/[C@H]1C[C@@H](C[C@@H](OCc2ccccc2)C(C)C)O[C@@H](c2c(C)c(C)c(C)c(C)c2C)O1. The van der Waals surface area contributed by atoms with Gasteiger partial charge in [0.25, 0.3) is 0 Å². The zero-order valence-corrected chi connectivity index (χ0v) is 21.8. The zero-order valence-electron chi connectivity index (χ0n) is 21.8. The van der Waals surface area contributed by atoms with E-state index in [1.54, 1.807) is 0 Å². The van der Waals surface area contributed by atoms with E-state index in [0.29, 0.717) is 12.5 Å². The Labute approximate surface area is 201 Å². The molecular formula is C30H42O3. The molecule has 0 bridgehead atoms. The molecule has 1 heterocycles. The lowest BCUT2D eigenvalue weighted by Gasteiger charge is -2.38. The molecule has 3 heteroatoms. The molecule has 0 radical (unpaired) electrons. The van der Waals surface area contributed by atoms with Gasteiger partial charge in [0.1, 0.15) is 0 Å². The lowest BCUT2D eigenvalue weighted by atomic mass is 9.88. The van der Waals surface area contributed by atoms with Gasteiger partial charge >= 0.3 is 0 Å². The van der Waals surface area contributed by atoms with Crippen LogP contribution in [0.2, 0.25) is 0 Å². The fourth-order valence-electron chi connectivity index (χ4n) is 4.81. The molecule has 0 aliphatic carbocycles. The van der Waals surface area contributed by atoms with Crippen molar-refractivity contribution >= 4 is 0 Å². The van der Waals surface area contributed by atoms with Crippen LogP contribution >= 0.6 is 0 Å². The maximum atomic E-state index is 6.66. The monoisotopic (exact) mass is 450 g/mol. The summed E-state index contributed by atoms with van der Waals surface area (Å²) in [6.45, 7) is 18.2. The smallest absolute Gasteiger partial charge is 0.185 e. The number of benzene rings is 2. The summed E-state index contributed by atoms with van der Waals surface area (Å²) in [7, 11) is 0. The van der Waals surface area contributed by atoms with Crippen molar-refractivity contribution < 1.29 is 14.2 Å². The summed E-state index contributed by atoms with van der Waals surface area (Å²) < 4.78 is 19.5. The van der Waals surface area contributed by atoms with Crippen LogP contribution in [0.25, 0.3) is 0 Å².